The molecular weight excluding hydrogens is 351 g/mol. The molecule has 0 amide bonds. The number of nitrogens with one attached hydrogen (secondary N) is 1. The highest BCUT2D eigenvalue weighted by molar-refractivity contribution is 14.1. The molecule has 1 aromatic rings. The Labute approximate surface area is 118 Å². The van der Waals surface area contributed by atoms with Gasteiger partial charge in [0.05, 0.1) is 4.92 Å². The minimum Gasteiger partial charge on any atom is -0.376 e. The number of anilines is 1. The van der Waals surface area contributed by atoms with Gasteiger partial charge in [-0.15, -0.1) is 0 Å². The largest absolute Gasteiger partial charge is 0.376 e. The quantitative estimate of drug-likeness (QED) is 0.507. The van der Waals surface area contributed by atoms with Gasteiger partial charge in [0.1, 0.15) is 5.69 Å². The van der Waals surface area contributed by atoms with Crippen molar-refractivity contribution in [2.75, 3.05) is 16.8 Å². The first kappa shape index (κ1) is 12.9. The first-order chi connectivity index (χ1) is 8.16. The highest BCUT2D eigenvalue weighted by Gasteiger charge is 2.19. The van der Waals surface area contributed by atoms with Crippen LogP contribution >= 0.6 is 34.4 Å². The van der Waals surface area contributed by atoms with Crippen LogP contribution in [-0.2, 0) is 0 Å². The summed E-state index contributed by atoms with van der Waals surface area (Å²) in [7, 11) is 0. The Balaban J connectivity index is 2.16. The van der Waals surface area contributed by atoms with Crippen molar-refractivity contribution < 1.29 is 4.92 Å². The van der Waals surface area contributed by atoms with Crippen molar-refractivity contribution in [3.05, 3.63) is 31.9 Å². The van der Waals surface area contributed by atoms with Gasteiger partial charge in [-0.3, -0.25) is 10.1 Å². The van der Waals surface area contributed by atoms with Crippen LogP contribution in [-0.4, -0.2) is 22.5 Å². The zero-order chi connectivity index (χ0) is 12.3. The van der Waals surface area contributed by atoms with Crippen LogP contribution in [0.15, 0.2) is 18.2 Å². The van der Waals surface area contributed by atoms with Gasteiger partial charge in [0.15, 0.2) is 0 Å². The Bertz CT molecular complexity index is 422. The topological polar surface area (TPSA) is 55.2 Å². The molecule has 0 spiro atoms. The molecule has 1 unspecified atom stereocenters. The van der Waals surface area contributed by atoms with E-state index >= 15 is 0 Å². The van der Waals surface area contributed by atoms with E-state index in [1.165, 1.54) is 12.2 Å². The van der Waals surface area contributed by atoms with E-state index < -0.39 is 0 Å². The first-order valence-electron chi connectivity index (χ1n) is 5.45. The van der Waals surface area contributed by atoms with Gasteiger partial charge >= 0.3 is 0 Å². The lowest BCUT2D eigenvalue weighted by atomic mass is 10.1. The molecule has 1 N–H and O–H groups in total. The third kappa shape index (κ3) is 3.48. The molecule has 0 radical (unpaired) electrons. The summed E-state index contributed by atoms with van der Waals surface area (Å²) in [5, 5.41) is 14.3. The zero-order valence-corrected chi connectivity index (χ0v) is 12.2. The van der Waals surface area contributed by atoms with Gasteiger partial charge < -0.3 is 5.32 Å². The minimum atomic E-state index is -0.319. The van der Waals surface area contributed by atoms with Gasteiger partial charge in [0.2, 0.25) is 0 Å². The molecule has 1 aromatic carbocycles. The fraction of sp³-hybridized carbons (Fsp3) is 0.455. The molecular formula is C11H13IN2O2S. The lowest BCUT2D eigenvalue weighted by Gasteiger charge is -2.23. The van der Waals surface area contributed by atoms with Crippen molar-refractivity contribution in [3.63, 3.8) is 0 Å². The monoisotopic (exact) mass is 364 g/mol. The fourth-order valence-corrected chi connectivity index (χ4v) is 3.40. The van der Waals surface area contributed by atoms with Crippen molar-refractivity contribution in [2.45, 2.75) is 18.9 Å². The number of rotatable bonds is 3. The zero-order valence-electron chi connectivity index (χ0n) is 9.19. The number of nitrogens with zero attached hydrogens (tertiary/aromatic N) is 1. The first-order valence-corrected chi connectivity index (χ1v) is 7.68. The number of nitro groups is 1. The number of nitro benzene ring substituents is 1. The maximum absolute atomic E-state index is 11.0. The van der Waals surface area contributed by atoms with Crippen LogP contribution in [0.2, 0.25) is 0 Å². The maximum Gasteiger partial charge on any atom is 0.293 e. The number of hydrogen-bond donors (Lipinski definition) is 1. The van der Waals surface area contributed by atoms with Crippen LogP contribution in [0.3, 0.4) is 0 Å². The Hall–Kier alpha value is -0.500. The normalized spacial score (nSPS) is 19.9. The van der Waals surface area contributed by atoms with Gasteiger partial charge in [-0.25, -0.2) is 0 Å². The summed E-state index contributed by atoms with van der Waals surface area (Å²) in [4.78, 5) is 10.7. The number of thioether (sulfide) groups is 1. The smallest absolute Gasteiger partial charge is 0.293 e. The summed E-state index contributed by atoms with van der Waals surface area (Å²) in [5.41, 5.74) is 0.815. The van der Waals surface area contributed by atoms with E-state index in [0.29, 0.717) is 11.7 Å². The van der Waals surface area contributed by atoms with Gasteiger partial charge in [-0.2, -0.15) is 11.8 Å². The average molecular weight is 364 g/mol. The number of hydrogen-bond acceptors (Lipinski definition) is 4. The minimum absolute atomic E-state index is 0.174. The third-order valence-corrected chi connectivity index (χ3v) is 4.56. The molecule has 0 bridgehead atoms. The Morgan fingerprint density at radius 2 is 2.35 bits per heavy atom. The van der Waals surface area contributed by atoms with Crippen molar-refractivity contribution in [2.24, 2.45) is 0 Å². The highest BCUT2D eigenvalue weighted by Crippen LogP contribution is 2.29. The molecule has 1 aliphatic heterocycles. The van der Waals surface area contributed by atoms with Crippen molar-refractivity contribution in [1.82, 2.24) is 0 Å². The molecule has 92 valence electrons. The summed E-state index contributed by atoms with van der Waals surface area (Å²) < 4.78 is 0.887. The number of halogens is 1. The molecule has 0 aromatic heterocycles. The van der Waals surface area contributed by atoms with Crippen LogP contribution in [0.4, 0.5) is 11.4 Å². The Kier molecular flexibility index (Phi) is 4.49. The second-order valence-corrected chi connectivity index (χ2v) is 6.37. The van der Waals surface area contributed by atoms with E-state index in [1.807, 2.05) is 17.8 Å². The van der Waals surface area contributed by atoms with Crippen molar-refractivity contribution in [1.29, 1.82) is 0 Å². The molecule has 2 rings (SSSR count). The molecule has 1 fully saturated rings. The molecule has 1 atom stereocenters. The van der Waals surface area contributed by atoms with E-state index in [2.05, 4.69) is 27.9 Å². The molecule has 1 heterocycles. The predicted octanol–water partition coefficient (Wildman–Crippen LogP) is 3.51. The summed E-state index contributed by atoms with van der Waals surface area (Å²) in [6.45, 7) is 0. The lowest BCUT2D eigenvalue weighted by Crippen LogP contribution is -2.26. The SMILES string of the molecule is O=[N+]([O-])c1cc(I)ccc1NC1CCCSC1. The van der Waals surface area contributed by atoms with E-state index in [1.54, 1.807) is 12.1 Å². The second-order valence-electron chi connectivity index (χ2n) is 3.98. The molecule has 0 saturated carbocycles. The van der Waals surface area contributed by atoms with Crippen molar-refractivity contribution >= 4 is 45.7 Å². The van der Waals surface area contributed by atoms with Gasteiger partial charge in [-0.1, -0.05) is 0 Å². The van der Waals surface area contributed by atoms with Crippen LogP contribution in [0.25, 0.3) is 0 Å². The summed E-state index contributed by atoms with van der Waals surface area (Å²) >= 11 is 4.00. The molecule has 6 heteroatoms. The van der Waals surface area contributed by atoms with Gasteiger partial charge in [0, 0.05) is 21.4 Å². The highest BCUT2D eigenvalue weighted by atomic mass is 127. The average Bonchev–Trinajstić information content (AvgIpc) is 2.32. The summed E-state index contributed by atoms with van der Waals surface area (Å²) in [6.07, 6.45) is 2.27. The van der Waals surface area contributed by atoms with Crippen molar-refractivity contribution in [3.8, 4) is 0 Å². The second kappa shape index (κ2) is 5.90. The van der Waals surface area contributed by atoms with Crippen LogP contribution in [0.1, 0.15) is 12.8 Å². The molecule has 1 saturated heterocycles. The molecule has 0 aliphatic carbocycles. The molecule has 17 heavy (non-hydrogen) atoms. The predicted molar refractivity (Wildman–Crippen MR) is 79.8 cm³/mol. The van der Waals surface area contributed by atoms with E-state index in [4.69, 9.17) is 0 Å². The van der Waals surface area contributed by atoms with E-state index in [-0.39, 0.29) is 10.6 Å². The fourth-order valence-electron chi connectivity index (χ4n) is 1.85. The third-order valence-electron chi connectivity index (χ3n) is 2.68. The van der Waals surface area contributed by atoms with Gasteiger partial charge in [0.25, 0.3) is 5.69 Å². The lowest BCUT2D eigenvalue weighted by molar-refractivity contribution is -0.384. The summed E-state index contributed by atoms with van der Waals surface area (Å²) in [5.74, 6) is 2.23. The van der Waals surface area contributed by atoms with Gasteiger partial charge in [-0.05, 0) is 53.3 Å². The standard InChI is InChI=1S/C11H13IN2O2S/c12-8-3-4-10(11(6-8)14(15)16)13-9-2-1-5-17-7-9/h3-4,6,9,13H,1-2,5,7H2. The molecule has 4 nitrogen and oxygen atoms in total. The van der Waals surface area contributed by atoms with E-state index in [0.717, 1.165) is 15.7 Å². The Morgan fingerprint density at radius 3 is 3.00 bits per heavy atom. The van der Waals surface area contributed by atoms with Crippen LogP contribution < -0.4 is 5.32 Å². The molecule has 1 aliphatic rings. The Morgan fingerprint density at radius 1 is 1.53 bits per heavy atom. The number of benzene rings is 1. The summed E-state index contributed by atoms with van der Waals surface area (Å²) in [6, 6.07) is 5.66. The van der Waals surface area contributed by atoms with Crippen LogP contribution in [0, 0.1) is 13.7 Å². The van der Waals surface area contributed by atoms with E-state index in [9.17, 15) is 10.1 Å². The maximum atomic E-state index is 11.0. The van der Waals surface area contributed by atoms with Crippen LogP contribution in [0.5, 0.6) is 0 Å².